The van der Waals surface area contributed by atoms with Crippen LogP contribution in [0.15, 0.2) is 65.3 Å². The summed E-state index contributed by atoms with van der Waals surface area (Å²) in [5.74, 6) is -1.04. The van der Waals surface area contributed by atoms with Crippen LogP contribution >= 0.6 is 15.9 Å². The quantitative estimate of drug-likeness (QED) is 0.519. The molecule has 2 amide bonds. The van der Waals surface area contributed by atoms with Gasteiger partial charge in [0.1, 0.15) is 17.5 Å². The van der Waals surface area contributed by atoms with Gasteiger partial charge in [-0.2, -0.15) is 0 Å². The Morgan fingerprint density at radius 3 is 2.58 bits per heavy atom. The lowest BCUT2D eigenvalue weighted by Gasteiger charge is -2.25. The average Bonchev–Trinajstić information content (AvgIpc) is 3.02. The number of hydrogen-bond acceptors (Lipinski definition) is 3. The van der Waals surface area contributed by atoms with Crippen molar-refractivity contribution in [3.8, 4) is 0 Å². The van der Waals surface area contributed by atoms with Crippen LogP contribution in [0.5, 0.6) is 0 Å². The average molecular weight is 486 g/mol. The predicted molar refractivity (Wildman–Crippen MR) is 115 cm³/mol. The van der Waals surface area contributed by atoms with Crippen molar-refractivity contribution in [3.05, 3.63) is 93.6 Å². The zero-order valence-corrected chi connectivity index (χ0v) is 17.9. The fourth-order valence-electron chi connectivity index (χ4n) is 3.71. The van der Waals surface area contributed by atoms with Gasteiger partial charge in [0.2, 0.25) is 5.91 Å². The molecule has 0 spiro atoms. The van der Waals surface area contributed by atoms with Crippen molar-refractivity contribution < 1.29 is 18.4 Å². The topological polar surface area (TPSA) is 62.3 Å². The van der Waals surface area contributed by atoms with Crippen LogP contribution in [-0.4, -0.2) is 21.7 Å². The highest BCUT2D eigenvalue weighted by Gasteiger charge is 2.38. The molecule has 0 saturated carbocycles. The standard InChI is InChI=1S/C23H18BrF2N3O2/c24-15-6-10-20(27-12-15)28-21(30)11-9-19-22-17(2-1-3-18(22)26)23(31)29(19)13-14-4-7-16(25)8-5-14/h1-8,10,12,19H,9,11,13H2,(H,27,28,30). The van der Waals surface area contributed by atoms with Crippen LogP contribution in [0.4, 0.5) is 14.6 Å². The van der Waals surface area contributed by atoms with E-state index < -0.39 is 11.9 Å². The van der Waals surface area contributed by atoms with Crippen molar-refractivity contribution in [1.29, 1.82) is 0 Å². The molecule has 1 unspecified atom stereocenters. The summed E-state index contributed by atoms with van der Waals surface area (Å²) in [5, 5.41) is 2.70. The van der Waals surface area contributed by atoms with Crippen molar-refractivity contribution in [2.75, 3.05) is 5.32 Å². The monoisotopic (exact) mass is 485 g/mol. The number of amides is 2. The highest BCUT2D eigenvalue weighted by molar-refractivity contribution is 9.10. The molecule has 3 aromatic rings. The minimum Gasteiger partial charge on any atom is -0.327 e. The van der Waals surface area contributed by atoms with Crippen LogP contribution in [0.1, 0.15) is 40.4 Å². The van der Waals surface area contributed by atoms with Crippen molar-refractivity contribution >= 4 is 33.6 Å². The van der Waals surface area contributed by atoms with Crippen molar-refractivity contribution in [2.24, 2.45) is 0 Å². The number of nitrogens with zero attached hydrogens (tertiary/aromatic N) is 2. The molecule has 2 heterocycles. The summed E-state index contributed by atoms with van der Waals surface area (Å²) in [7, 11) is 0. The SMILES string of the molecule is O=C(CCC1c2c(F)cccc2C(=O)N1Cc1ccc(F)cc1)Nc1ccc(Br)cn1. The molecule has 1 aromatic heterocycles. The second kappa shape index (κ2) is 8.93. The van der Waals surface area contributed by atoms with Gasteiger partial charge < -0.3 is 10.2 Å². The minimum absolute atomic E-state index is 0.0728. The summed E-state index contributed by atoms with van der Waals surface area (Å²) < 4.78 is 28.7. The number of anilines is 1. The van der Waals surface area contributed by atoms with Crippen LogP contribution in [0.2, 0.25) is 0 Å². The molecule has 31 heavy (non-hydrogen) atoms. The number of carbonyl (C=O) groups excluding carboxylic acids is 2. The fraction of sp³-hybridized carbons (Fsp3) is 0.174. The lowest BCUT2D eigenvalue weighted by atomic mass is 9.99. The van der Waals surface area contributed by atoms with Gasteiger partial charge in [0.15, 0.2) is 0 Å². The van der Waals surface area contributed by atoms with E-state index in [1.807, 2.05) is 0 Å². The van der Waals surface area contributed by atoms with Gasteiger partial charge in [-0.05, 0) is 64.3 Å². The fourth-order valence-corrected chi connectivity index (χ4v) is 3.94. The summed E-state index contributed by atoms with van der Waals surface area (Å²) in [6.45, 7) is 0.188. The molecule has 8 heteroatoms. The van der Waals surface area contributed by atoms with E-state index in [9.17, 15) is 18.4 Å². The smallest absolute Gasteiger partial charge is 0.255 e. The van der Waals surface area contributed by atoms with Crippen LogP contribution in [0.3, 0.4) is 0 Å². The molecule has 1 atom stereocenters. The lowest BCUT2D eigenvalue weighted by molar-refractivity contribution is -0.116. The normalized spacial score (nSPS) is 15.1. The summed E-state index contributed by atoms with van der Waals surface area (Å²) in [6, 6.07) is 13.0. The van der Waals surface area contributed by atoms with Crippen LogP contribution in [-0.2, 0) is 11.3 Å². The van der Waals surface area contributed by atoms with Gasteiger partial charge in [-0.25, -0.2) is 13.8 Å². The number of halogens is 3. The lowest BCUT2D eigenvalue weighted by Crippen LogP contribution is -2.28. The van der Waals surface area contributed by atoms with Crippen molar-refractivity contribution in [3.63, 3.8) is 0 Å². The van der Waals surface area contributed by atoms with Gasteiger partial charge in [0.05, 0.1) is 6.04 Å². The summed E-state index contributed by atoms with van der Waals surface area (Å²) in [6.07, 6.45) is 1.88. The number of hydrogen-bond donors (Lipinski definition) is 1. The molecule has 0 radical (unpaired) electrons. The zero-order valence-electron chi connectivity index (χ0n) is 16.3. The van der Waals surface area contributed by atoms with Gasteiger partial charge in [-0.15, -0.1) is 0 Å². The number of benzene rings is 2. The molecular weight excluding hydrogens is 468 g/mol. The molecule has 2 aromatic carbocycles. The highest BCUT2D eigenvalue weighted by Crippen LogP contribution is 2.39. The van der Waals surface area contributed by atoms with Gasteiger partial charge >= 0.3 is 0 Å². The van der Waals surface area contributed by atoms with E-state index in [1.54, 1.807) is 36.5 Å². The molecule has 0 saturated heterocycles. The van der Waals surface area contributed by atoms with E-state index in [-0.39, 0.29) is 37.0 Å². The first-order valence-corrected chi connectivity index (χ1v) is 10.5. The van der Waals surface area contributed by atoms with E-state index in [4.69, 9.17) is 0 Å². The number of aromatic nitrogens is 1. The van der Waals surface area contributed by atoms with E-state index in [0.717, 1.165) is 10.0 Å². The number of carbonyl (C=O) groups is 2. The molecule has 1 aliphatic rings. The zero-order chi connectivity index (χ0) is 22.0. The Kier molecular flexibility index (Phi) is 6.08. The van der Waals surface area contributed by atoms with Gasteiger partial charge in [-0.1, -0.05) is 18.2 Å². The molecule has 1 aliphatic heterocycles. The van der Waals surface area contributed by atoms with Crippen molar-refractivity contribution in [1.82, 2.24) is 9.88 Å². The Hall–Kier alpha value is -3.13. The third kappa shape index (κ3) is 4.64. The third-order valence-corrected chi connectivity index (χ3v) is 5.63. The Morgan fingerprint density at radius 1 is 1.10 bits per heavy atom. The van der Waals surface area contributed by atoms with E-state index >= 15 is 0 Å². The first-order valence-electron chi connectivity index (χ1n) is 9.67. The highest BCUT2D eigenvalue weighted by atomic mass is 79.9. The first-order chi connectivity index (χ1) is 14.9. The maximum absolute atomic E-state index is 14.6. The maximum atomic E-state index is 14.6. The largest absolute Gasteiger partial charge is 0.327 e. The van der Waals surface area contributed by atoms with E-state index in [0.29, 0.717) is 16.9 Å². The van der Waals surface area contributed by atoms with Crippen molar-refractivity contribution in [2.45, 2.75) is 25.4 Å². The summed E-state index contributed by atoms with van der Waals surface area (Å²) in [5.41, 5.74) is 1.31. The Morgan fingerprint density at radius 2 is 1.87 bits per heavy atom. The minimum atomic E-state index is -0.600. The third-order valence-electron chi connectivity index (χ3n) is 5.16. The summed E-state index contributed by atoms with van der Waals surface area (Å²) >= 11 is 3.28. The Bertz CT molecular complexity index is 1120. The number of pyridine rings is 1. The molecule has 0 fully saturated rings. The van der Waals surface area contributed by atoms with E-state index in [1.165, 1.54) is 29.2 Å². The van der Waals surface area contributed by atoms with Gasteiger partial charge in [0.25, 0.3) is 5.91 Å². The summed E-state index contributed by atoms with van der Waals surface area (Å²) in [4.78, 5) is 31.0. The van der Waals surface area contributed by atoms with E-state index in [2.05, 4.69) is 26.2 Å². The van der Waals surface area contributed by atoms with Crippen LogP contribution in [0, 0.1) is 11.6 Å². The number of rotatable bonds is 6. The Balaban J connectivity index is 1.53. The van der Waals surface area contributed by atoms with Crippen LogP contribution < -0.4 is 5.32 Å². The molecule has 5 nitrogen and oxygen atoms in total. The molecule has 0 bridgehead atoms. The molecular formula is C23H18BrF2N3O2. The first kappa shape index (κ1) is 21.1. The number of nitrogens with one attached hydrogen (secondary N) is 1. The second-order valence-corrected chi connectivity index (χ2v) is 8.14. The molecule has 158 valence electrons. The van der Waals surface area contributed by atoms with Crippen LogP contribution in [0.25, 0.3) is 0 Å². The second-order valence-electron chi connectivity index (χ2n) is 7.22. The molecule has 1 N–H and O–H groups in total. The Labute approximate surface area is 186 Å². The molecule has 4 rings (SSSR count). The van der Waals surface area contributed by atoms with Gasteiger partial charge in [0, 0.05) is 34.8 Å². The predicted octanol–water partition coefficient (Wildman–Crippen LogP) is 5.24. The number of fused-ring (bicyclic) bond motifs is 1. The maximum Gasteiger partial charge on any atom is 0.255 e. The van der Waals surface area contributed by atoms with Gasteiger partial charge in [-0.3, -0.25) is 9.59 Å². The molecule has 0 aliphatic carbocycles.